The molecule has 10 heteroatoms. The lowest BCUT2D eigenvalue weighted by Crippen LogP contribution is -2.47. The van der Waals surface area contributed by atoms with Crippen LogP contribution in [-0.2, 0) is 11.0 Å². The summed E-state index contributed by atoms with van der Waals surface area (Å²) in [6.45, 7) is 2.36. The van der Waals surface area contributed by atoms with Crippen LogP contribution >= 0.6 is 0 Å². The van der Waals surface area contributed by atoms with Gasteiger partial charge in [-0.25, -0.2) is 9.59 Å². The zero-order valence-corrected chi connectivity index (χ0v) is 13.6. The number of carboxylic acid groups (broad SMARTS) is 1. The van der Waals surface area contributed by atoms with E-state index in [-0.39, 0.29) is 18.0 Å². The van der Waals surface area contributed by atoms with Crippen LogP contribution in [0.4, 0.5) is 23.7 Å². The third-order valence-electron chi connectivity index (χ3n) is 3.07. The maximum absolute atomic E-state index is 12.8. The summed E-state index contributed by atoms with van der Waals surface area (Å²) in [6, 6.07) is 1.63. The summed E-state index contributed by atoms with van der Waals surface area (Å²) in [4.78, 5) is 22.6. The van der Waals surface area contributed by atoms with E-state index in [0.29, 0.717) is 12.5 Å². The molecule has 4 N–H and O–H groups in total. The molecule has 1 atom stereocenters. The van der Waals surface area contributed by atoms with Crippen molar-refractivity contribution in [2.24, 2.45) is 0 Å². The second kappa shape index (κ2) is 8.06. The normalized spacial score (nSPS) is 13.7. The molecule has 0 radical (unpaired) electrons. The van der Waals surface area contributed by atoms with Crippen molar-refractivity contribution in [1.29, 1.82) is 0 Å². The number of hydrogen-bond donors (Lipinski definition) is 4. The zero-order valence-electron chi connectivity index (χ0n) is 13.6. The molecule has 1 rings (SSSR count). The highest BCUT2D eigenvalue weighted by atomic mass is 19.4. The highest BCUT2D eigenvalue weighted by molar-refractivity contribution is 5.91. The minimum Gasteiger partial charge on any atom is -0.491 e. The van der Waals surface area contributed by atoms with E-state index < -0.39 is 35.9 Å². The first-order chi connectivity index (χ1) is 11.5. The number of halogens is 3. The van der Waals surface area contributed by atoms with E-state index in [1.165, 1.54) is 0 Å². The molecule has 1 aromatic rings. The number of anilines is 1. The summed E-state index contributed by atoms with van der Waals surface area (Å²) in [5.41, 5.74) is -3.42. The number of rotatable bonds is 7. The highest BCUT2D eigenvalue weighted by Gasteiger charge is 2.32. The van der Waals surface area contributed by atoms with E-state index in [1.54, 1.807) is 6.92 Å². The maximum atomic E-state index is 12.8. The van der Waals surface area contributed by atoms with Crippen LogP contribution in [0, 0.1) is 0 Å². The van der Waals surface area contributed by atoms with Crippen molar-refractivity contribution in [1.82, 2.24) is 5.32 Å². The summed E-state index contributed by atoms with van der Waals surface area (Å²) in [5, 5.41) is 22.5. The number of carbonyl (C=O) groups excluding carboxylic acids is 1. The van der Waals surface area contributed by atoms with Crippen LogP contribution in [0.15, 0.2) is 18.2 Å². The Hall–Kier alpha value is -2.49. The Morgan fingerprint density at radius 1 is 1.28 bits per heavy atom. The van der Waals surface area contributed by atoms with E-state index in [2.05, 4.69) is 10.6 Å². The number of urea groups is 1. The number of carboxylic acids is 1. The second-order valence-electron chi connectivity index (χ2n) is 5.44. The molecule has 0 saturated carbocycles. The number of alkyl halides is 3. The van der Waals surface area contributed by atoms with Crippen LogP contribution in [0.1, 0.15) is 25.8 Å². The molecule has 1 unspecified atom stereocenters. The SMILES string of the molecule is CCCOc1ccc(C(F)(F)F)cc1NC(=O)NCC(C)(O)C(=O)O. The Kier molecular flexibility index (Phi) is 6.63. The Morgan fingerprint density at radius 2 is 1.92 bits per heavy atom. The van der Waals surface area contributed by atoms with Gasteiger partial charge in [-0.15, -0.1) is 0 Å². The molecule has 0 bridgehead atoms. The molecular weight excluding hydrogens is 345 g/mol. The summed E-state index contributed by atoms with van der Waals surface area (Å²) >= 11 is 0. The lowest BCUT2D eigenvalue weighted by atomic mass is 10.1. The third kappa shape index (κ3) is 6.14. The smallest absolute Gasteiger partial charge is 0.416 e. The Bertz CT molecular complexity index is 632. The van der Waals surface area contributed by atoms with Crippen LogP contribution in [0.5, 0.6) is 5.75 Å². The fraction of sp³-hybridized carbons (Fsp3) is 0.467. The molecule has 1 aromatic carbocycles. The topological polar surface area (TPSA) is 108 Å². The number of hydrogen-bond acceptors (Lipinski definition) is 4. The van der Waals surface area contributed by atoms with Gasteiger partial charge in [0.25, 0.3) is 0 Å². The van der Waals surface area contributed by atoms with Gasteiger partial charge in [0, 0.05) is 0 Å². The van der Waals surface area contributed by atoms with Gasteiger partial charge in [0.2, 0.25) is 0 Å². The van der Waals surface area contributed by atoms with Crippen LogP contribution in [0.2, 0.25) is 0 Å². The Balaban J connectivity index is 2.93. The number of ether oxygens (including phenoxy) is 1. The van der Waals surface area contributed by atoms with Gasteiger partial charge < -0.3 is 25.6 Å². The van der Waals surface area contributed by atoms with Gasteiger partial charge in [0.05, 0.1) is 24.4 Å². The van der Waals surface area contributed by atoms with Crippen molar-refractivity contribution < 1.29 is 37.7 Å². The van der Waals surface area contributed by atoms with Gasteiger partial charge in [-0.2, -0.15) is 13.2 Å². The Labute approximate surface area is 141 Å². The summed E-state index contributed by atoms with van der Waals surface area (Å²) in [7, 11) is 0. The molecule has 0 heterocycles. The largest absolute Gasteiger partial charge is 0.491 e. The molecule has 140 valence electrons. The predicted molar refractivity (Wildman–Crippen MR) is 82.5 cm³/mol. The van der Waals surface area contributed by atoms with Gasteiger partial charge in [-0.3, -0.25) is 0 Å². The van der Waals surface area contributed by atoms with Gasteiger partial charge in [0.15, 0.2) is 5.60 Å². The van der Waals surface area contributed by atoms with E-state index in [0.717, 1.165) is 19.1 Å². The minimum absolute atomic E-state index is 0.0370. The Morgan fingerprint density at radius 3 is 2.44 bits per heavy atom. The molecule has 0 aliphatic rings. The molecule has 25 heavy (non-hydrogen) atoms. The number of benzene rings is 1. The van der Waals surface area contributed by atoms with Crippen molar-refractivity contribution in [3.05, 3.63) is 23.8 Å². The maximum Gasteiger partial charge on any atom is 0.416 e. The first kappa shape index (κ1) is 20.6. The van der Waals surface area contributed by atoms with Crippen LogP contribution in [0.25, 0.3) is 0 Å². The van der Waals surface area contributed by atoms with Crippen molar-refractivity contribution in [3.63, 3.8) is 0 Å². The van der Waals surface area contributed by atoms with E-state index in [4.69, 9.17) is 9.84 Å². The lowest BCUT2D eigenvalue weighted by Gasteiger charge is -2.19. The molecule has 0 aliphatic heterocycles. The van der Waals surface area contributed by atoms with Crippen LogP contribution in [0.3, 0.4) is 0 Å². The number of nitrogens with one attached hydrogen (secondary N) is 2. The van der Waals surface area contributed by atoms with Crippen molar-refractivity contribution in [3.8, 4) is 5.75 Å². The third-order valence-corrected chi connectivity index (χ3v) is 3.07. The molecule has 0 aromatic heterocycles. The average Bonchev–Trinajstić information content (AvgIpc) is 2.50. The number of aliphatic hydroxyl groups is 1. The molecular formula is C15H19F3N2O5. The van der Waals surface area contributed by atoms with Crippen molar-refractivity contribution in [2.45, 2.75) is 32.0 Å². The standard InChI is InChI=1S/C15H19F3N2O5/c1-3-6-25-11-5-4-9(15(16,17)18)7-10(11)20-13(23)19-8-14(2,24)12(21)22/h4-5,7,24H,3,6,8H2,1-2H3,(H,21,22)(H2,19,20,23). The fourth-order valence-electron chi connectivity index (χ4n) is 1.64. The quantitative estimate of drug-likeness (QED) is 0.594. The lowest BCUT2D eigenvalue weighted by molar-refractivity contribution is -0.155. The number of aliphatic carboxylic acids is 1. The highest BCUT2D eigenvalue weighted by Crippen LogP contribution is 2.35. The van der Waals surface area contributed by atoms with Crippen molar-refractivity contribution >= 4 is 17.7 Å². The first-order valence-corrected chi connectivity index (χ1v) is 7.32. The second-order valence-corrected chi connectivity index (χ2v) is 5.44. The number of amides is 2. The minimum atomic E-state index is -4.61. The summed E-state index contributed by atoms with van der Waals surface area (Å²) in [6.07, 6.45) is -4.00. The molecule has 7 nitrogen and oxygen atoms in total. The van der Waals surface area contributed by atoms with E-state index in [9.17, 15) is 27.9 Å². The van der Waals surface area contributed by atoms with Crippen LogP contribution in [-0.4, -0.2) is 41.0 Å². The molecule has 0 spiro atoms. The zero-order chi connectivity index (χ0) is 19.3. The van der Waals surface area contributed by atoms with Crippen LogP contribution < -0.4 is 15.4 Å². The van der Waals surface area contributed by atoms with Crippen molar-refractivity contribution in [2.75, 3.05) is 18.5 Å². The molecule has 2 amide bonds. The van der Waals surface area contributed by atoms with Gasteiger partial charge in [-0.05, 0) is 31.5 Å². The van der Waals surface area contributed by atoms with E-state index in [1.807, 2.05) is 0 Å². The average molecular weight is 364 g/mol. The first-order valence-electron chi connectivity index (χ1n) is 7.32. The van der Waals surface area contributed by atoms with E-state index >= 15 is 0 Å². The number of carbonyl (C=O) groups is 2. The molecule has 0 aliphatic carbocycles. The fourth-order valence-corrected chi connectivity index (χ4v) is 1.64. The van der Waals surface area contributed by atoms with Gasteiger partial charge in [0.1, 0.15) is 5.75 Å². The summed E-state index contributed by atoms with van der Waals surface area (Å²) < 4.78 is 43.7. The molecule has 0 saturated heterocycles. The van der Waals surface area contributed by atoms with Gasteiger partial charge >= 0.3 is 18.2 Å². The monoisotopic (exact) mass is 364 g/mol. The van der Waals surface area contributed by atoms with Gasteiger partial charge in [-0.1, -0.05) is 6.92 Å². The predicted octanol–water partition coefficient (Wildman–Crippen LogP) is 2.45. The molecule has 0 fully saturated rings. The summed E-state index contributed by atoms with van der Waals surface area (Å²) in [5.74, 6) is -1.52.